The number of rotatable bonds is 12. The van der Waals surface area contributed by atoms with Gasteiger partial charge in [-0.1, -0.05) is 32.1 Å². The van der Waals surface area contributed by atoms with Crippen LogP contribution >= 0.6 is 12.4 Å². The van der Waals surface area contributed by atoms with Crippen LogP contribution in [0.5, 0.6) is 0 Å². The fraction of sp³-hybridized carbons (Fsp3) is 0.800. The smallest absolute Gasteiger partial charge is 0.308 e. The van der Waals surface area contributed by atoms with Gasteiger partial charge in [-0.2, -0.15) is 0 Å². The third-order valence-corrected chi connectivity index (χ3v) is 6.52. The monoisotopic (exact) mass is 483 g/mol. The lowest BCUT2D eigenvalue weighted by Crippen LogP contribution is -2.47. The first-order chi connectivity index (χ1) is 15.5. The van der Waals surface area contributed by atoms with E-state index in [4.69, 9.17) is 11.2 Å². The molecule has 2 fully saturated rings. The summed E-state index contributed by atoms with van der Waals surface area (Å²) in [6.07, 6.45) is 14.9. The predicted molar refractivity (Wildman–Crippen MR) is 132 cm³/mol. The van der Waals surface area contributed by atoms with Gasteiger partial charge in [0.25, 0.3) is 0 Å². The van der Waals surface area contributed by atoms with E-state index in [2.05, 4.69) is 23.5 Å². The van der Waals surface area contributed by atoms with Gasteiger partial charge >= 0.3 is 5.97 Å². The zero-order valence-corrected chi connectivity index (χ0v) is 20.9. The highest BCUT2D eigenvalue weighted by atomic mass is 35.5. The standard InChI is InChI=1S/C25H41N3O4.ClH/c1-3-5-6-7-17-32-24(30)18-22(4-2)27-25(31)21-9-8-16-28(19-21)23(29)11-10-20-12-14-26-15-13-20;/h2,20-22,26H,3,5-19H2,1H3,(H,27,31);1H/t21-,22-;/m1./s1. The maximum absolute atomic E-state index is 12.8. The summed E-state index contributed by atoms with van der Waals surface area (Å²) in [6.45, 7) is 5.72. The second-order valence-corrected chi connectivity index (χ2v) is 9.12. The van der Waals surface area contributed by atoms with Crippen LogP contribution in [0.2, 0.25) is 0 Å². The lowest BCUT2D eigenvalue weighted by atomic mass is 9.92. The molecule has 0 aromatic rings. The first-order valence-electron chi connectivity index (χ1n) is 12.4. The van der Waals surface area contributed by atoms with Crippen molar-refractivity contribution < 1.29 is 19.1 Å². The highest BCUT2D eigenvalue weighted by Crippen LogP contribution is 2.21. The Labute approximate surface area is 205 Å². The molecule has 0 spiro atoms. The zero-order chi connectivity index (χ0) is 23.2. The van der Waals surface area contributed by atoms with Gasteiger partial charge in [-0.05, 0) is 57.5 Å². The highest BCUT2D eigenvalue weighted by molar-refractivity contribution is 5.85. The lowest BCUT2D eigenvalue weighted by molar-refractivity contribution is -0.144. The topological polar surface area (TPSA) is 87.7 Å². The van der Waals surface area contributed by atoms with Crippen LogP contribution in [0.25, 0.3) is 0 Å². The van der Waals surface area contributed by atoms with Crippen molar-refractivity contribution in [1.29, 1.82) is 0 Å². The molecular weight excluding hydrogens is 442 g/mol. The number of hydrogen-bond acceptors (Lipinski definition) is 5. The molecule has 7 nitrogen and oxygen atoms in total. The van der Waals surface area contributed by atoms with Gasteiger partial charge < -0.3 is 20.3 Å². The van der Waals surface area contributed by atoms with Crippen molar-refractivity contribution in [2.75, 3.05) is 32.8 Å². The number of carbonyl (C=O) groups excluding carboxylic acids is 3. The zero-order valence-electron chi connectivity index (χ0n) is 20.1. The molecule has 2 rings (SSSR count). The van der Waals surface area contributed by atoms with Gasteiger partial charge in [-0.25, -0.2) is 0 Å². The summed E-state index contributed by atoms with van der Waals surface area (Å²) < 4.78 is 5.23. The van der Waals surface area contributed by atoms with Crippen LogP contribution in [-0.2, 0) is 19.1 Å². The van der Waals surface area contributed by atoms with E-state index >= 15 is 0 Å². The van der Waals surface area contributed by atoms with E-state index in [1.54, 1.807) is 0 Å². The number of likely N-dealkylation sites (tertiary alicyclic amines) is 1. The quantitative estimate of drug-likeness (QED) is 0.253. The van der Waals surface area contributed by atoms with Crippen LogP contribution in [0.15, 0.2) is 0 Å². The second kappa shape index (κ2) is 16.8. The number of unbranched alkanes of at least 4 members (excludes halogenated alkanes) is 3. The number of esters is 1. The molecule has 2 heterocycles. The van der Waals surface area contributed by atoms with E-state index in [0.29, 0.717) is 32.0 Å². The molecule has 0 aromatic heterocycles. The largest absolute Gasteiger partial charge is 0.466 e. The minimum Gasteiger partial charge on any atom is -0.466 e. The summed E-state index contributed by atoms with van der Waals surface area (Å²) in [5.74, 6) is 2.39. The van der Waals surface area contributed by atoms with Crippen LogP contribution in [0.1, 0.15) is 77.6 Å². The third kappa shape index (κ3) is 11.3. The number of halogens is 1. The van der Waals surface area contributed by atoms with Crippen LogP contribution < -0.4 is 10.6 Å². The maximum atomic E-state index is 12.8. The fourth-order valence-corrected chi connectivity index (χ4v) is 4.46. The van der Waals surface area contributed by atoms with Gasteiger partial charge in [-0.3, -0.25) is 14.4 Å². The van der Waals surface area contributed by atoms with Crippen molar-refractivity contribution in [2.45, 2.75) is 83.6 Å². The van der Waals surface area contributed by atoms with Crippen molar-refractivity contribution in [3.8, 4) is 12.3 Å². The molecule has 2 aliphatic heterocycles. The number of carbonyl (C=O) groups is 3. The summed E-state index contributed by atoms with van der Waals surface area (Å²) >= 11 is 0. The number of ether oxygens (including phenoxy) is 1. The molecule has 188 valence electrons. The minimum atomic E-state index is -0.684. The van der Waals surface area contributed by atoms with Gasteiger partial charge in [0.05, 0.1) is 18.9 Å². The Bertz CT molecular complexity index is 646. The fourth-order valence-electron chi connectivity index (χ4n) is 4.46. The van der Waals surface area contributed by atoms with E-state index in [1.807, 2.05) is 4.90 Å². The van der Waals surface area contributed by atoms with Crippen LogP contribution in [0.4, 0.5) is 0 Å². The van der Waals surface area contributed by atoms with E-state index in [0.717, 1.165) is 70.9 Å². The molecule has 0 aromatic carbocycles. The molecule has 0 unspecified atom stereocenters. The van der Waals surface area contributed by atoms with Crippen LogP contribution in [0.3, 0.4) is 0 Å². The molecule has 2 amide bonds. The van der Waals surface area contributed by atoms with Crippen molar-refractivity contribution in [3.05, 3.63) is 0 Å². The normalized spacial score (nSPS) is 19.6. The van der Waals surface area contributed by atoms with Crippen molar-refractivity contribution in [3.63, 3.8) is 0 Å². The first kappa shape index (κ1) is 29.3. The molecule has 0 aliphatic carbocycles. The minimum absolute atomic E-state index is 0. The Kier molecular flexibility index (Phi) is 14.9. The van der Waals surface area contributed by atoms with E-state index in [-0.39, 0.29) is 42.5 Å². The number of piperidine rings is 2. The lowest BCUT2D eigenvalue weighted by Gasteiger charge is -2.33. The van der Waals surface area contributed by atoms with E-state index in [9.17, 15) is 14.4 Å². The average Bonchev–Trinajstić information content (AvgIpc) is 2.82. The predicted octanol–water partition coefficient (Wildman–Crippen LogP) is 3.06. The highest BCUT2D eigenvalue weighted by Gasteiger charge is 2.30. The summed E-state index contributed by atoms with van der Waals surface area (Å²) in [7, 11) is 0. The summed E-state index contributed by atoms with van der Waals surface area (Å²) in [6, 6.07) is -0.684. The van der Waals surface area contributed by atoms with Crippen molar-refractivity contribution >= 4 is 30.2 Å². The van der Waals surface area contributed by atoms with Crippen LogP contribution in [0, 0.1) is 24.2 Å². The number of nitrogens with zero attached hydrogens (tertiary/aromatic N) is 1. The first-order valence-corrected chi connectivity index (χ1v) is 12.4. The Balaban J connectivity index is 0.00000544. The number of terminal acetylenes is 1. The summed E-state index contributed by atoms with van der Waals surface area (Å²) in [5.41, 5.74) is 0. The Morgan fingerprint density at radius 2 is 1.94 bits per heavy atom. The van der Waals surface area contributed by atoms with E-state index in [1.165, 1.54) is 0 Å². The Morgan fingerprint density at radius 3 is 2.64 bits per heavy atom. The SMILES string of the molecule is C#C[C@H](CC(=O)OCCCCCC)NC(=O)[C@@H]1CCCN(C(=O)CCC2CCNCC2)C1.Cl. The van der Waals surface area contributed by atoms with Gasteiger partial charge in [-0.15, -0.1) is 18.8 Å². The molecule has 2 saturated heterocycles. The third-order valence-electron chi connectivity index (χ3n) is 6.52. The van der Waals surface area contributed by atoms with Gasteiger partial charge in [0, 0.05) is 19.5 Å². The molecular formula is C25H42ClN3O4. The van der Waals surface area contributed by atoms with Gasteiger partial charge in [0.15, 0.2) is 0 Å². The number of nitrogens with one attached hydrogen (secondary N) is 2. The maximum Gasteiger partial charge on any atom is 0.308 e. The van der Waals surface area contributed by atoms with Gasteiger partial charge in [0.1, 0.15) is 6.04 Å². The molecule has 2 aliphatic rings. The number of amides is 2. The van der Waals surface area contributed by atoms with Crippen molar-refractivity contribution in [2.24, 2.45) is 11.8 Å². The molecule has 0 bridgehead atoms. The average molecular weight is 484 g/mol. The molecule has 2 N–H and O–H groups in total. The molecule has 33 heavy (non-hydrogen) atoms. The molecule has 0 saturated carbocycles. The number of hydrogen-bond donors (Lipinski definition) is 2. The van der Waals surface area contributed by atoms with Gasteiger partial charge in [0.2, 0.25) is 11.8 Å². The summed E-state index contributed by atoms with van der Waals surface area (Å²) in [5, 5.41) is 6.15. The molecule has 0 radical (unpaired) electrons. The van der Waals surface area contributed by atoms with Crippen LogP contribution in [-0.4, -0.2) is 61.5 Å². The molecule has 8 heteroatoms. The molecule has 2 atom stereocenters. The Morgan fingerprint density at radius 1 is 1.18 bits per heavy atom. The second-order valence-electron chi connectivity index (χ2n) is 9.12. The Hall–Kier alpha value is -1.78. The van der Waals surface area contributed by atoms with E-state index < -0.39 is 6.04 Å². The van der Waals surface area contributed by atoms with Crippen molar-refractivity contribution in [1.82, 2.24) is 15.5 Å². The summed E-state index contributed by atoms with van der Waals surface area (Å²) in [4.78, 5) is 39.3.